The molecule has 1 spiro atoms. The number of nitrogens with one attached hydrogen (secondary N) is 2. The van der Waals surface area contributed by atoms with Gasteiger partial charge in [0.2, 0.25) is 17.7 Å². The van der Waals surface area contributed by atoms with E-state index in [1.54, 1.807) is 29.1 Å². The van der Waals surface area contributed by atoms with Crippen molar-refractivity contribution in [2.75, 3.05) is 36.4 Å². The quantitative estimate of drug-likeness (QED) is 0.199. The van der Waals surface area contributed by atoms with Gasteiger partial charge in [-0.2, -0.15) is 18.3 Å². The van der Waals surface area contributed by atoms with Crippen molar-refractivity contribution in [2.45, 2.75) is 69.6 Å². The Morgan fingerprint density at radius 3 is 2.32 bits per heavy atom. The lowest BCUT2D eigenvalue weighted by atomic mass is 9.60. The summed E-state index contributed by atoms with van der Waals surface area (Å²) < 4.78 is 56.0. The van der Waals surface area contributed by atoms with E-state index in [4.69, 9.17) is 0 Å². The van der Waals surface area contributed by atoms with Crippen LogP contribution in [-0.2, 0) is 20.6 Å². The van der Waals surface area contributed by atoms with Gasteiger partial charge < -0.3 is 15.1 Å². The molecule has 6 amide bonds. The standard InChI is InChI=1S/C41H38F4N8O6/c42-28-18-30-23(16-31(28)47-35(55)29-2-1-3-33(46-29)41(43,44)45)21-52(49-30)25-19-40(20-25)10-14-51(15-11-40)37(57)22-8-12-50(13-9-22)24-4-5-26-27(17-24)39(59)53(38(26)58)32-6-7-34(54)48-36(32)56/h1-5,16-18,21-22,25,32H,6-15,19-20H2,(H,47,55)(H,48,54,56). The summed E-state index contributed by atoms with van der Waals surface area (Å²) in [5, 5.41) is 9.66. The first-order chi connectivity index (χ1) is 28.2. The van der Waals surface area contributed by atoms with E-state index in [-0.39, 0.29) is 52.9 Å². The summed E-state index contributed by atoms with van der Waals surface area (Å²) in [6.45, 7) is 2.48. The topological polar surface area (TPSA) is 167 Å². The Morgan fingerprint density at radius 1 is 0.881 bits per heavy atom. The molecule has 2 N–H and O–H groups in total. The number of nitrogens with zero attached hydrogens (tertiary/aromatic N) is 6. The molecule has 1 aliphatic carbocycles. The number of imide groups is 2. The Labute approximate surface area is 333 Å². The third kappa shape index (κ3) is 6.97. The van der Waals surface area contributed by atoms with Crippen molar-refractivity contribution in [2.24, 2.45) is 11.3 Å². The van der Waals surface area contributed by atoms with Crippen molar-refractivity contribution >= 4 is 57.7 Å². The zero-order valence-corrected chi connectivity index (χ0v) is 31.6. The highest BCUT2D eigenvalue weighted by Crippen LogP contribution is 2.55. The van der Waals surface area contributed by atoms with Gasteiger partial charge in [0.15, 0.2) is 0 Å². The number of carbonyl (C=O) groups excluding carboxylic acids is 6. The Kier molecular flexibility index (Phi) is 9.27. The number of rotatable bonds is 6. The summed E-state index contributed by atoms with van der Waals surface area (Å²) in [5.74, 6) is -3.96. The number of piperidine rings is 3. The zero-order valence-electron chi connectivity index (χ0n) is 31.6. The minimum atomic E-state index is -4.74. The molecular weight excluding hydrogens is 776 g/mol. The van der Waals surface area contributed by atoms with Crippen molar-refractivity contribution in [3.8, 4) is 0 Å². The third-order valence-electron chi connectivity index (χ3n) is 12.6. The summed E-state index contributed by atoms with van der Waals surface area (Å²) in [5.41, 5.74) is -0.290. The smallest absolute Gasteiger partial charge is 0.371 e. The highest BCUT2D eigenvalue weighted by Gasteiger charge is 2.48. The maximum Gasteiger partial charge on any atom is 0.433 e. The second-order valence-electron chi connectivity index (χ2n) is 16.2. The Morgan fingerprint density at radius 2 is 1.61 bits per heavy atom. The van der Waals surface area contributed by atoms with E-state index in [2.05, 4.69) is 25.6 Å². The van der Waals surface area contributed by atoms with Crippen LogP contribution in [0.1, 0.15) is 94.3 Å². The molecule has 6 heterocycles. The van der Waals surface area contributed by atoms with Crippen molar-refractivity contribution in [1.82, 2.24) is 29.9 Å². The van der Waals surface area contributed by atoms with Gasteiger partial charge in [0.25, 0.3) is 17.7 Å². The lowest BCUT2D eigenvalue weighted by molar-refractivity contribution is -0.141. The van der Waals surface area contributed by atoms with Gasteiger partial charge in [-0.3, -0.25) is 43.7 Å². The Hall–Kier alpha value is -6.20. The number of alkyl halides is 3. The third-order valence-corrected chi connectivity index (χ3v) is 12.6. The summed E-state index contributed by atoms with van der Waals surface area (Å²) in [6.07, 6.45) is 1.82. The van der Waals surface area contributed by atoms with Crippen LogP contribution in [0, 0.1) is 17.2 Å². The minimum Gasteiger partial charge on any atom is -0.371 e. The van der Waals surface area contributed by atoms with E-state index < -0.39 is 59.0 Å². The van der Waals surface area contributed by atoms with E-state index in [0.717, 1.165) is 54.5 Å². The predicted molar refractivity (Wildman–Crippen MR) is 201 cm³/mol. The molecule has 4 aromatic rings. The largest absolute Gasteiger partial charge is 0.433 e. The van der Waals surface area contributed by atoms with Gasteiger partial charge in [-0.25, -0.2) is 9.37 Å². The summed E-state index contributed by atoms with van der Waals surface area (Å²) in [7, 11) is 0. The first kappa shape index (κ1) is 38.3. The molecule has 1 atom stereocenters. The van der Waals surface area contributed by atoms with E-state index in [1.165, 1.54) is 12.1 Å². The van der Waals surface area contributed by atoms with E-state index in [0.29, 0.717) is 49.9 Å². The van der Waals surface area contributed by atoms with Crippen molar-refractivity contribution in [3.63, 3.8) is 0 Å². The fourth-order valence-electron chi connectivity index (χ4n) is 9.29. The molecule has 9 rings (SSSR count). The van der Waals surface area contributed by atoms with Gasteiger partial charge in [0.05, 0.1) is 28.4 Å². The number of anilines is 2. The molecule has 3 saturated heterocycles. The Bertz CT molecular complexity index is 2440. The minimum absolute atomic E-state index is 0.0458. The van der Waals surface area contributed by atoms with Crippen LogP contribution in [0.25, 0.3) is 10.9 Å². The number of pyridine rings is 1. The molecule has 2 aromatic carbocycles. The van der Waals surface area contributed by atoms with Crippen LogP contribution in [0.5, 0.6) is 0 Å². The number of fused-ring (bicyclic) bond motifs is 2. The fraction of sp³-hybridized carbons (Fsp3) is 0.415. The average Bonchev–Trinajstić information content (AvgIpc) is 3.72. The first-order valence-electron chi connectivity index (χ1n) is 19.6. The second-order valence-corrected chi connectivity index (χ2v) is 16.2. The number of benzene rings is 2. The lowest BCUT2D eigenvalue weighted by Gasteiger charge is -2.52. The number of halogens is 4. The van der Waals surface area contributed by atoms with Crippen LogP contribution in [0.2, 0.25) is 0 Å². The number of amides is 6. The molecule has 5 aliphatic rings. The molecular formula is C41H38F4N8O6. The highest BCUT2D eigenvalue weighted by molar-refractivity contribution is 6.23. The Balaban J connectivity index is 0.764. The van der Waals surface area contributed by atoms with Crippen LogP contribution in [-0.4, -0.2) is 92.2 Å². The van der Waals surface area contributed by atoms with Gasteiger partial charge in [0, 0.05) is 61.9 Å². The molecule has 1 unspecified atom stereocenters. The summed E-state index contributed by atoms with van der Waals surface area (Å²) >= 11 is 0. The van der Waals surface area contributed by atoms with Crippen LogP contribution in [0.4, 0.5) is 28.9 Å². The van der Waals surface area contributed by atoms with Crippen molar-refractivity contribution < 1.29 is 46.3 Å². The van der Waals surface area contributed by atoms with E-state index in [1.807, 2.05) is 4.90 Å². The number of hydrogen-bond donors (Lipinski definition) is 2. The predicted octanol–water partition coefficient (Wildman–Crippen LogP) is 5.10. The van der Waals surface area contributed by atoms with Crippen LogP contribution in [0.3, 0.4) is 0 Å². The van der Waals surface area contributed by atoms with Gasteiger partial charge in [-0.05, 0) is 86.8 Å². The molecule has 18 heteroatoms. The zero-order chi connectivity index (χ0) is 41.4. The van der Waals surface area contributed by atoms with Gasteiger partial charge >= 0.3 is 6.18 Å². The number of hydrogen-bond acceptors (Lipinski definition) is 9. The van der Waals surface area contributed by atoms with Gasteiger partial charge in [0.1, 0.15) is 23.2 Å². The molecule has 2 aromatic heterocycles. The monoisotopic (exact) mass is 814 g/mol. The number of aromatic nitrogens is 3. The molecule has 0 radical (unpaired) electrons. The highest BCUT2D eigenvalue weighted by atomic mass is 19.4. The fourth-order valence-corrected chi connectivity index (χ4v) is 9.29. The normalized spacial score (nSPS) is 21.2. The molecule has 0 bridgehead atoms. The van der Waals surface area contributed by atoms with Crippen LogP contribution >= 0.6 is 0 Å². The van der Waals surface area contributed by atoms with Crippen LogP contribution < -0.4 is 15.5 Å². The maximum atomic E-state index is 15.0. The second kappa shape index (κ2) is 14.3. The molecule has 1 saturated carbocycles. The van der Waals surface area contributed by atoms with E-state index in [9.17, 15) is 41.9 Å². The average molecular weight is 815 g/mol. The lowest BCUT2D eigenvalue weighted by Crippen LogP contribution is -2.54. The molecule has 14 nitrogen and oxygen atoms in total. The summed E-state index contributed by atoms with van der Waals surface area (Å²) in [6, 6.07) is 9.59. The van der Waals surface area contributed by atoms with Gasteiger partial charge in [-0.1, -0.05) is 6.07 Å². The maximum absolute atomic E-state index is 15.0. The van der Waals surface area contributed by atoms with Crippen molar-refractivity contribution in [3.05, 3.63) is 83.1 Å². The molecule has 4 fully saturated rings. The van der Waals surface area contributed by atoms with Crippen LogP contribution in [0.15, 0.2) is 54.7 Å². The molecule has 306 valence electrons. The SMILES string of the molecule is O=C1CCC(N2C(=O)c3ccc(N4CCC(C(=O)N5CCC6(CC5)CC(n5cc7cc(NC(=O)c8cccc(C(F)(F)F)n8)c(F)cc7n5)C6)CC4)cc3C2=O)C(=O)N1. The molecule has 59 heavy (non-hydrogen) atoms. The number of likely N-dealkylation sites (tertiary alicyclic amines) is 1. The van der Waals surface area contributed by atoms with E-state index >= 15 is 4.39 Å². The molecule has 4 aliphatic heterocycles. The van der Waals surface area contributed by atoms with Crippen molar-refractivity contribution in [1.29, 1.82) is 0 Å². The summed E-state index contributed by atoms with van der Waals surface area (Å²) in [4.78, 5) is 85.2. The first-order valence-corrected chi connectivity index (χ1v) is 19.6. The van der Waals surface area contributed by atoms with Gasteiger partial charge in [-0.15, -0.1) is 0 Å². The number of carbonyl (C=O) groups is 6.